The first-order chi connectivity index (χ1) is 13.7. The van der Waals surface area contributed by atoms with Crippen molar-refractivity contribution in [3.05, 3.63) is 45.6 Å². The van der Waals surface area contributed by atoms with Gasteiger partial charge < -0.3 is 9.68 Å². The fourth-order valence-electron chi connectivity index (χ4n) is 3.89. The Bertz CT molecular complexity index is 1080. The molecule has 0 saturated carbocycles. The Labute approximate surface area is 167 Å². The predicted molar refractivity (Wildman–Crippen MR) is 113 cm³/mol. The summed E-state index contributed by atoms with van der Waals surface area (Å²) in [4.78, 5) is 10.9. The van der Waals surface area contributed by atoms with E-state index < -0.39 is 7.12 Å². The van der Waals surface area contributed by atoms with Gasteiger partial charge in [-0.05, 0) is 53.9 Å². The SMILES string of the molecule is CCc1nc(N/N=C/c2ccc3c(c2)COB3O)c2sc3c(c2n1)CCCC3. The van der Waals surface area contributed by atoms with E-state index in [4.69, 9.17) is 9.64 Å². The van der Waals surface area contributed by atoms with Crippen molar-refractivity contribution in [2.24, 2.45) is 5.10 Å². The van der Waals surface area contributed by atoms with Crippen LogP contribution in [-0.2, 0) is 30.5 Å². The second-order valence-corrected chi connectivity index (χ2v) is 8.33. The average molecular weight is 392 g/mol. The highest BCUT2D eigenvalue weighted by Gasteiger charge is 2.26. The first-order valence-corrected chi connectivity index (χ1v) is 10.6. The zero-order valence-electron chi connectivity index (χ0n) is 15.7. The van der Waals surface area contributed by atoms with Gasteiger partial charge in [0.25, 0.3) is 0 Å². The fourth-order valence-corrected chi connectivity index (χ4v) is 5.16. The number of rotatable bonds is 4. The van der Waals surface area contributed by atoms with Gasteiger partial charge in [-0.15, -0.1) is 11.3 Å². The van der Waals surface area contributed by atoms with E-state index in [2.05, 4.69) is 22.4 Å². The van der Waals surface area contributed by atoms with Crippen molar-refractivity contribution in [3.63, 3.8) is 0 Å². The molecule has 3 heterocycles. The second-order valence-electron chi connectivity index (χ2n) is 7.22. The van der Waals surface area contributed by atoms with Crippen LogP contribution in [0.5, 0.6) is 0 Å². The minimum atomic E-state index is -0.814. The summed E-state index contributed by atoms with van der Waals surface area (Å²) >= 11 is 1.80. The fraction of sp³-hybridized carbons (Fsp3) is 0.350. The molecule has 0 unspecified atom stereocenters. The Morgan fingerprint density at radius 2 is 2.21 bits per heavy atom. The van der Waals surface area contributed by atoms with Crippen LogP contribution >= 0.6 is 11.3 Å². The molecular weight excluding hydrogens is 371 g/mol. The molecule has 2 aromatic heterocycles. The number of hydrogen-bond acceptors (Lipinski definition) is 7. The Morgan fingerprint density at radius 3 is 3.11 bits per heavy atom. The summed E-state index contributed by atoms with van der Waals surface area (Å²) in [6.07, 6.45) is 7.32. The summed E-state index contributed by atoms with van der Waals surface area (Å²) < 4.78 is 6.35. The van der Waals surface area contributed by atoms with Gasteiger partial charge in [-0.1, -0.05) is 19.1 Å². The summed E-state index contributed by atoms with van der Waals surface area (Å²) in [6, 6.07) is 5.81. The van der Waals surface area contributed by atoms with Gasteiger partial charge in [-0.25, -0.2) is 9.97 Å². The third kappa shape index (κ3) is 3.11. The van der Waals surface area contributed by atoms with Crippen molar-refractivity contribution in [2.75, 3.05) is 5.43 Å². The first kappa shape index (κ1) is 17.8. The van der Waals surface area contributed by atoms with E-state index in [1.54, 1.807) is 17.6 Å². The Balaban J connectivity index is 1.45. The number of aromatic nitrogens is 2. The lowest BCUT2D eigenvalue weighted by atomic mass is 9.79. The zero-order chi connectivity index (χ0) is 19.1. The maximum atomic E-state index is 9.74. The van der Waals surface area contributed by atoms with E-state index in [-0.39, 0.29) is 0 Å². The quantitative estimate of drug-likeness (QED) is 0.406. The lowest BCUT2D eigenvalue weighted by Gasteiger charge is -2.10. The molecular formula is C20H21BN4O2S. The van der Waals surface area contributed by atoms with Crippen molar-refractivity contribution in [1.82, 2.24) is 9.97 Å². The predicted octanol–water partition coefficient (Wildman–Crippen LogP) is 2.80. The van der Waals surface area contributed by atoms with Crippen LogP contribution in [0.25, 0.3) is 10.2 Å². The molecule has 2 aliphatic rings. The number of hydrogen-bond donors (Lipinski definition) is 2. The molecule has 0 amide bonds. The second kappa shape index (κ2) is 7.27. The summed E-state index contributed by atoms with van der Waals surface area (Å²) in [6.45, 7) is 2.51. The first-order valence-electron chi connectivity index (χ1n) is 9.75. The number of anilines is 1. The number of hydrazone groups is 1. The third-order valence-electron chi connectivity index (χ3n) is 5.37. The largest absolute Gasteiger partial charge is 0.491 e. The van der Waals surface area contributed by atoms with E-state index >= 15 is 0 Å². The number of aryl methyl sites for hydroxylation is 3. The molecule has 1 aromatic carbocycles. The van der Waals surface area contributed by atoms with Crippen LogP contribution in [-0.4, -0.2) is 28.3 Å². The standard InChI is InChI=1S/C20H21BN4O2S/c1-2-17-23-18-14-5-3-4-6-16(14)28-19(18)20(24-17)25-22-10-12-7-8-15-13(9-12)11-27-21(15)26/h7-10,26H,2-6,11H2,1H3,(H,23,24,25)/b22-10+. The molecule has 0 bridgehead atoms. The molecule has 5 rings (SSSR count). The lowest BCUT2D eigenvalue weighted by Crippen LogP contribution is -2.27. The summed E-state index contributed by atoms with van der Waals surface area (Å²) in [5, 5.41) is 14.2. The minimum Gasteiger partial charge on any atom is -0.423 e. The zero-order valence-corrected chi connectivity index (χ0v) is 16.6. The maximum absolute atomic E-state index is 9.74. The number of fused-ring (bicyclic) bond motifs is 4. The molecule has 28 heavy (non-hydrogen) atoms. The third-order valence-corrected chi connectivity index (χ3v) is 6.66. The number of nitrogens with zero attached hydrogens (tertiary/aromatic N) is 3. The monoisotopic (exact) mass is 392 g/mol. The van der Waals surface area contributed by atoms with Gasteiger partial charge >= 0.3 is 7.12 Å². The van der Waals surface area contributed by atoms with E-state index in [1.807, 2.05) is 18.2 Å². The molecule has 0 saturated heterocycles. The van der Waals surface area contributed by atoms with Crippen LogP contribution in [0.4, 0.5) is 5.82 Å². The van der Waals surface area contributed by atoms with Gasteiger partial charge in [0.1, 0.15) is 5.82 Å². The van der Waals surface area contributed by atoms with E-state index in [9.17, 15) is 5.02 Å². The van der Waals surface area contributed by atoms with E-state index in [0.717, 1.165) is 57.7 Å². The highest BCUT2D eigenvalue weighted by molar-refractivity contribution is 7.19. The number of thiophene rings is 1. The van der Waals surface area contributed by atoms with Gasteiger partial charge in [0.2, 0.25) is 0 Å². The van der Waals surface area contributed by atoms with Crippen LogP contribution in [0.3, 0.4) is 0 Å². The number of benzene rings is 1. The van der Waals surface area contributed by atoms with Crippen LogP contribution in [0.15, 0.2) is 23.3 Å². The van der Waals surface area contributed by atoms with Crippen molar-refractivity contribution >= 4 is 46.2 Å². The molecule has 8 heteroatoms. The molecule has 0 radical (unpaired) electrons. The van der Waals surface area contributed by atoms with Gasteiger partial charge in [-0.2, -0.15) is 5.10 Å². The maximum Gasteiger partial charge on any atom is 0.491 e. The topological polar surface area (TPSA) is 79.6 Å². The van der Waals surface area contributed by atoms with E-state index in [0.29, 0.717) is 6.61 Å². The van der Waals surface area contributed by atoms with Gasteiger partial charge in [-0.3, -0.25) is 5.43 Å². The molecule has 2 N–H and O–H groups in total. The Morgan fingerprint density at radius 1 is 1.32 bits per heavy atom. The normalized spacial score (nSPS) is 16.0. The molecule has 1 aliphatic heterocycles. The van der Waals surface area contributed by atoms with Crippen LogP contribution in [0, 0.1) is 0 Å². The molecule has 0 atom stereocenters. The van der Waals surface area contributed by atoms with E-state index in [1.165, 1.54) is 23.3 Å². The molecule has 0 spiro atoms. The van der Waals surface area contributed by atoms with Crippen molar-refractivity contribution in [1.29, 1.82) is 0 Å². The molecule has 1 aliphatic carbocycles. The van der Waals surface area contributed by atoms with Crippen LogP contribution in [0.1, 0.15) is 47.2 Å². The highest BCUT2D eigenvalue weighted by Crippen LogP contribution is 2.38. The molecule has 3 aromatic rings. The number of nitrogens with one attached hydrogen (secondary N) is 1. The summed E-state index contributed by atoms with van der Waals surface area (Å²) in [5.74, 6) is 1.64. The molecule has 6 nitrogen and oxygen atoms in total. The minimum absolute atomic E-state index is 0.429. The van der Waals surface area contributed by atoms with Gasteiger partial charge in [0, 0.05) is 11.3 Å². The van der Waals surface area contributed by atoms with Crippen molar-refractivity contribution in [3.8, 4) is 0 Å². The van der Waals surface area contributed by atoms with Gasteiger partial charge in [0.05, 0.1) is 23.0 Å². The summed E-state index contributed by atoms with van der Waals surface area (Å²) in [5.41, 5.74) is 8.45. The smallest absolute Gasteiger partial charge is 0.423 e. The highest BCUT2D eigenvalue weighted by atomic mass is 32.1. The average Bonchev–Trinajstić information content (AvgIpc) is 3.28. The lowest BCUT2D eigenvalue weighted by molar-refractivity contribution is 0.275. The van der Waals surface area contributed by atoms with Crippen LogP contribution < -0.4 is 10.9 Å². The molecule has 0 fully saturated rings. The summed E-state index contributed by atoms with van der Waals surface area (Å²) in [7, 11) is -0.814. The van der Waals surface area contributed by atoms with Crippen molar-refractivity contribution in [2.45, 2.75) is 45.6 Å². The van der Waals surface area contributed by atoms with Gasteiger partial charge in [0.15, 0.2) is 5.82 Å². The Kier molecular flexibility index (Phi) is 4.62. The van der Waals surface area contributed by atoms with Crippen LogP contribution in [0.2, 0.25) is 0 Å². The molecule has 142 valence electrons. The Hall–Kier alpha value is -2.29. The van der Waals surface area contributed by atoms with Crippen molar-refractivity contribution < 1.29 is 9.68 Å².